The van der Waals surface area contributed by atoms with Crippen molar-refractivity contribution in [3.8, 4) is 5.75 Å². The minimum Gasteiger partial charge on any atom is -0.494 e. The molecule has 0 bridgehead atoms. The Hall–Kier alpha value is -2.20. The smallest absolute Gasteiger partial charge is 0.234 e. The molecule has 0 radical (unpaired) electrons. The largest absolute Gasteiger partial charge is 0.494 e. The van der Waals surface area contributed by atoms with E-state index in [9.17, 15) is 20.1 Å². The topological polar surface area (TPSA) is 125 Å². The van der Waals surface area contributed by atoms with E-state index in [0.29, 0.717) is 36.7 Å². The first kappa shape index (κ1) is 26.9. The van der Waals surface area contributed by atoms with Crippen molar-refractivity contribution in [2.24, 2.45) is 11.7 Å². The lowest BCUT2D eigenvalue weighted by atomic mass is 9.85. The van der Waals surface area contributed by atoms with Gasteiger partial charge in [-0.15, -0.1) is 0 Å². The molecule has 0 spiro atoms. The number of ether oxygens (including phenoxy) is 2. The van der Waals surface area contributed by atoms with Crippen LogP contribution in [0.15, 0.2) is 42.5 Å². The lowest BCUT2D eigenvalue weighted by Gasteiger charge is -2.43. The van der Waals surface area contributed by atoms with E-state index in [1.54, 1.807) is 24.0 Å². The molecular weight excluding hydrogens is 484 g/mol. The number of carbonyl (C=O) groups is 1. The molecule has 2 aromatic carbocycles. The third-order valence-corrected chi connectivity index (χ3v) is 7.63. The number of amides is 1. The molecule has 2 aliphatic heterocycles. The van der Waals surface area contributed by atoms with Gasteiger partial charge in [0.2, 0.25) is 5.91 Å². The highest BCUT2D eigenvalue weighted by Gasteiger charge is 2.45. The van der Waals surface area contributed by atoms with Gasteiger partial charge in [0.15, 0.2) is 0 Å². The van der Waals surface area contributed by atoms with Crippen LogP contribution in [-0.2, 0) is 16.0 Å². The SMILES string of the molecule is CCOc1ccc(Cc2cc([C@@H]3O[C@H](CN4C[C@H](O)C[C@H]4C(N)=O)[C@@H](C)[C@H](O)[C@H]3O)ccc2Cl)cc1. The molecule has 0 saturated carbocycles. The minimum atomic E-state index is -1.13. The Labute approximate surface area is 216 Å². The number of likely N-dealkylation sites (tertiary alicyclic amines) is 1. The summed E-state index contributed by atoms with van der Waals surface area (Å²) in [5.74, 6) is -0.0833. The highest BCUT2D eigenvalue weighted by Crippen LogP contribution is 2.37. The van der Waals surface area contributed by atoms with E-state index in [1.807, 2.05) is 37.3 Å². The van der Waals surface area contributed by atoms with E-state index >= 15 is 0 Å². The van der Waals surface area contributed by atoms with Gasteiger partial charge in [-0.05, 0) is 54.7 Å². The Morgan fingerprint density at radius 2 is 1.89 bits per heavy atom. The molecule has 2 heterocycles. The zero-order chi connectivity index (χ0) is 26.0. The summed E-state index contributed by atoms with van der Waals surface area (Å²) in [6.45, 7) is 4.95. The maximum Gasteiger partial charge on any atom is 0.234 e. The van der Waals surface area contributed by atoms with E-state index in [-0.39, 0.29) is 6.42 Å². The summed E-state index contributed by atoms with van der Waals surface area (Å²) in [5, 5.41) is 32.4. The van der Waals surface area contributed by atoms with E-state index in [1.165, 1.54) is 0 Å². The van der Waals surface area contributed by atoms with Crippen LogP contribution >= 0.6 is 11.6 Å². The van der Waals surface area contributed by atoms with Crippen LogP contribution in [0.5, 0.6) is 5.75 Å². The first-order chi connectivity index (χ1) is 17.2. The normalized spacial score (nSPS) is 30.9. The van der Waals surface area contributed by atoms with Gasteiger partial charge in [-0.2, -0.15) is 0 Å². The van der Waals surface area contributed by atoms with Gasteiger partial charge >= 0.3 is 0 Å². The molecular formula is C27H35ClN2O6. The van der Waals surface area contributed by atoms with Crippen molar-refractivity contribution in [2.75, 3.05) is 19.7 Å². The van der Waals surface area contributed by atoms with Crippen molar-refractivity contribution in [3.63, 3.8) is 0 Å². The van der Waals surface area contributed by atoms with Crippen molar-refractivity contribution in [1.82, 2.24) is 4.90 Å². The lowest BCUT2D eigenvalue weighted by Crippen LogP contribution is -2.54. The van der Waals surface area contributed by atoms with Crippen LogP contribution in [0.25, 0.3) is 0 Å². The van der Waals surface area contributed by atoms with Crippen LogP contribution in [0.1, 0.15) is 43.1 Å². The highest BCUT2D eigenvalue weighted by molar-refractivity contribution is 6.31. The number of nitrogens with zero attached hydrogens (tertiary/aromatic N) is 1. The van der Waals surface area contributed by atoms with Crippen LogP contribution in [0.3, 0.4) is 0 Å². The first-order valence-corrected chi connectivity index (χ1v) is 12.8. The number of hydrogen-bond acceptors (Lipinski definition) is 7. The first-order valence-electron chi connectivity index (χ1n) is 12.4. The fourth-order valence-electron chi connectivity index (χ4n) is 5.19. The van der Waals surface area contributed by atoms with Crippen LogP contribution in [0.4, 0.5) is 0 Å². The molecule has 0 unspecified atom stereocenters. The Kier molecular flexibility index (Phi) is 8.55. The second-order valence-electron chi connectivity index (χ2n) is 9.80. The molecule has 196 valence electrons. The molecule has 0 aromatic heterocycles. The molecule has 2 saturated heterocycles. The van der Waals surface area contributed by atoms with Crippen LogP contribution in [-0.4, -0.2) is 76.3 Å². The van der Waals surface area contributed by atoms with Crippen molar-refractivity contribution >= 4 is 17.5 Å². The zero-order valence-electron chi connectivity index (χ0n) is 20.6. The number of carbonyl (C=O) groups excluding carboxylic acids is 1. The van der Waals surface area contributed by atoms with E-state index in [2.05, 4.69) is 0 Å². The fourth-order valence-corrected chi connectivity index (χ4v) is 5.38. The summed E-state index contributed by atoms with van der Waals surface area (Å²) in [4.78, 5) is 13.7. The molecule has 4 rings (SSSR count). The number of hydrogen-bond donors (Lipinski definition) is 4. The predicted octanol–water partition coefficient (Wildman–Crippen LogP) is 2.05. The highest BCUT2D eigenvalue weighted by atomic mass is 35.5. The quantitative estimate of drug-likeness (QED) is 0.421. The standard InChI is InChI=1S/C27H35ClN2O6/c1-3-35-20-7-4-16(5-8-20)10-18-11-17(6-9-21(18)28)26-25(33)24(32)15(2)23(36-26)14-30-13-19(31)12-22(30)27(29)34/h4-9,11,15,19,22-26,31-33H,3,10,12-14H2,1-2H3,(H2,29,34)/t15-,19-,22+,23-,24+,25-,26+/m1/s1. The number of nitrogens with two attached hydrogens (primary N) is 1. The van der Waals surface area contributed by atoms with Gasteiger partial charge in [-0.25, -0.2) is 0 Å². The average molecular weight is 519 g/mol. The van der Waals surface area contributed by atoms with Crippen LogP contribution < -0.4 is 10.5 Å². The van der Waals surface area contributed by atoms with Crippen molar-refractivity contribution in [1.29, 1.82) is 0 Å². The van der Waals surface area contributed by atoms with Crippen molar-refractivity contribution < 1.29 is 29.6 Å². The second kappa shape index (κ2) is 11.5. The number of aliphatic hydroxyl groups is 3. The summed E-state index contributed by atoms with van der Waals surface area (Å²) in [5.41, 5.74) is 8.16. The zero-order valence-corrected chi connectivity index (χ0v) is 21.3. The van der Waals surface area contributed by atoms with Crippen LogP contribution in [0.2, 0.25) is 5.02 Å². The summed E-state index contributed by atoms with van der Waals surface area (Å²) in [6.07, 6.45) is -3.21. The summed E-state index contributed by atoms with van der Waals surface area (Å²) in [7, 11) is 0. The molecule has 2 fully saturated rings. The third kappa shape index (κ3) is 5.85. The van der Waals surface area contributed by atoms with Crippen molar-refractivity contribution in [2.45, 2.75) is 63.3 Å². The van der Waals surface area contributed by atoms with Gasteiger partial charge in [0, 0.05) is 24.0 Å². The number of halogens is 1. The molecule has 8 nitrogen and oxygen atoms in total. The van der Waals surface area contributed by atoms with Gasteiger partial charge in [-0.1, -0.05) is 42.8 Å². The number of benzene rings is 2. The molecule has 5 N–H and O–H groups in total. The molecule has 1 amide bonds. The second-order valence-corrected chi connectivity index (χ2v) is 10.2. The summed E-state index contributed by atoms with van der Waals surface area (Å²) in [6, 6.07) is 12.7. The summed E-state index contributed by atoms with van der Waals surface area (Å²) >= 11 is 6.50. The molecule has 9 heteroatoms. The van der Waals surface area contributed by atoms with Crippen molar-refractivity contribution in [3.05, 3.63) is 64.2 Å². The molecule has 2 aliphatic rings. The van der Waals surface area contributed by atoms with Gasteiger partial charge in [0.1, 0.15) is 18.0 Å². The number of aliphatic hydroxyl groups excluding tert-OH is 3. The molecule has 36 heavy (non-hydrogen) atoms. The monoisotopic (exact) mass is 518 g/mol. The Bertz CT molecular complexity index is 1050. The molecule has 7 atom stereocenters. The third-order valence-electron chi connectivity index (χ3n) is 7.26. The van der Waals surface area contributed by atoms with Gasteiger partial charge in [0.25, 0.3) is 0 Å². The van der Waals surface area contributed by atoms with Gasteiger partial charge in [-0.3, -0.25) is 9.69 Å². The Morgan fingerprint density at radius 1 is 1.17 bits per heavy atom. The number of β-amino-alcohol motifs (C(OH)–C–C–N with tert-alkyl or cyclic N) is 1. The average Bonchev–Trinajstić information content (AvgIpc) is 3.22. The van der Waals surface area contributed by atoms with Gasteiger partial charge < -0.3 is 30.5 Å². The fraction of sp³-hybridized carbons (Fsp3) is 0.519. The Morgan fingerprint density at radius 3 is 2.56 bits per heavy atom. The number of rotatable bonds is 8. The minimum absolute atomic E-state index is 0.275. The molecule has 2 aromatic rings. The van der Waals surface area contributed by atoms with E-state index in [4.69, 9.17) is 26.8 Å². The van der Waals surface area contributed by atoms with E-state index < -0.39 is 48.4 Å². The van der Waals surface area contributed by atoms with Gasteiger partial charge in [0.05, 0.1) is 31.0 Å². The maximum absolute atomic E-state index is 11.9. The maximum atomic E-state index is 11.9. The Balaban J connectivity index is 1.53. The lowest BCUT2D eigenvalue weighted by molar-refractivity contribution is -0.203. The summed E-state index contributed by atoms with van der Waals surface area (Å²) < 4.78 is 11.8. The van der Waals surface area contributed by atoms with E-state index in [0.717, 1.165) is 16.9 Å². The number of primary amides is 1. The predicted molar refractivity (Wildman–Crippen MR) is 136 cm³/mol. The van der Waals surface area contributed by atoms with Crippen LogP contribution in [0, 0.1) is 5.92 Å². The molecule has 0 aliphatic carbocycles.